The van der Waals surface area contributed by atoms with Crippen LogP contribution in [-0.2, 0) is 0 Å². The molecule has 0 amide bonds. The highest BCUT2D eigenvalue weighted by atomic mass is 16.3. The molecule has 2 heterocycles. The first-order chi connectivity index (χ1) is 26.3. The molecule has 4 nitrogen and oxygen atoms in total. The van der Waals surface area contributed by atoms with Gasteiger partial charge in [-0.15, -0.1) is 0 Å². The first kappa shape index (κ1) is 29.5. The molecule has 11 rings (SSSR count). The van der Waals surface area contributed by atoms with Gasteiger partial charge >= 0.3 is 0 Å². The van der Waals surface area contributed by atoms with Crippen molar-refractivity contribution in [1.29, 1.82) is 0 Å². The molecule has 0 bridgehead atoms. The summed E-state index contributed by atoms with van der Waals surface area (Å²) in [6, 6.07) is 61.4. The van der Waals surface area contributed by atoms with E-state index < -0.39 is 0 Å². The molecule has 53 heavy (non-hydrogen) atoms. The van der Waals surface area contributed by atoms with Gasteiger partial charge in [-0.1, -0.05) is 164 Å². The minimum Gasteiger partial charge on any atom is -0.455 e. The lowest BCUT2D eigenvalue weighted by Gasteiger charge is -2.18. The summed E-state index contributed by atoms with van der Waals surface area (Å²) >= 11 is 0. The van der Waals surface area contributed by atoms with E-state index in [2.05, 4.69) is 140 Å². The predicted octanol–water partition coefficient (Wildman–Crippen LogP) is 13.1. The minimum absolute atomic E-state index is 0.635. The van der Waals surface area contributed by atoms with Gasteiger partial charge in [-0.05, 0) is 55.2 Å². The number of furan rings is 1. The summed E-state index contributed by atoms with van der Waals surface area (Å²) in [5, 5.41) is 11.3. The highest BCUT2D eigenvalue weighted by molar-refractivity contribution is 6.31. The molecule has 0 saturated heterocycles. The Bertz CT molecular complexity index is 3110. The zero-order valence-electron chi connectivity index (χ0n) is 28.5. The Balaban J connectivity index is 1.27. The van der Waals surface area contributed by atoms with Gasteiger partial charge in [0.15, 0.2) is 17.5 Å². The normalized spacial score (nSPS) is 11.8. The van der Waals surface area contributed by atoms with Crippen molar-refractivity contribution < 1.29 is 4.42 Å². The van der Waals surface area contributed by atoms with Crippen molar-refractivity contribution in [1.82, 2.24) is 15.0 Å². The highest BCUT2D eigenvalue weighted by Gasteiger charge is 2.24. The van der Waals surface area contributed by atoms with E-state index in [-0.39, 0.29) is 0 Å². The van der Waals surface area contributed by atoms with Crippen LogP contribution in [0, 0.1) is 0 Å². The lowest BCUT2D eigenvalue weighted by Crippen LogP contribution is -2.01. The van der Waals surface area contributed by atoms with Crippen molar-refractivity contribution in [3.05, 3.63) is 176 Å². The highest BCUT2D eigenvalue weighted by Crippen LogP contribution is 2.49. The lowest BCUT2D eigenvalue weighted by molar-refractivity contribution is 0.670. The first-order valence-corrected chi connectivity index (χ1v) is 17.9. The Morgan fingerprint density at radius 1 is 0.340 bits per heavy atom. The van der Waals surface area contributed by atoms with Crippen LogP contribution >= 0.6 is 0 Å². The zero-order valence-corrected chi connectivity index (χ0v) is 28.5. The molecule has 0 aliphatic rings. The van der Waals surface area contributed by atoms with E-state index in [0.717, 1.165) is 71.3 Å². The molecule has 0 aliphatic carbocycles. The van der Waals surface area contributed by atoms with Gasteiger partial charge in [-0.25, -0.2) is 15.0 Å². The monoisotopic (exact) mass is 675 g/mol. The average Bonchev–Trinajstić information content (AvgIpc) is 3.64. The Hall–Kier alpha value is -7.17. The van der Waals surface area contributed by atoms with E-state index in [1.165, 1.54) is 21.5 Å². The Labute approximate surface area is 304 Å². The number of nitrogens with zero attached hydrogens (tertiary/aromatic N) is 3. The van der Waals surface area contributed by atoms with Gasteiger partial charge in [-0.3, -0.25) is 0 Å². The molecule has 0 fully saturated rings. The van der Waals surface area contributed by atoms with Gasteiger partial charge in [-0.2, -0.15) is 0 Å². The predicted molar refractivity (Wildman–Crippen MR) is 219 cm³/mol. The maximum absolute atomic E-state index is 6.96. The summed E-state index contributed by atoms with van der Waals surface area (Å²) in [5.74, 6) is 1.91. The largest absolute Gasteiger partial charge is 0.455 e. The fraction of sp³-hybridized carbons (Fsp3) is 0. The maximum atomic E-state index is 6.96. The minimum atomic E-state index is 0.635. The number of hydrogen-bond acceptors (Lipinski definition) is 4. The zero-order chi connectivity index (χ0) is 34.9. The molecule has 0 spiro atoms. The summed E-state index contributed by atoms with van der Waals surface area (Å²) in [7, 11) is 0. The van der Waals surface area contributed by atoms with E-state index in [1.807, 2.05) is 36.4 Å². The molecule has 0 aliphatic heterocycles. The van der Waals surface area contributed by atoms with Gasteiger partial charge in [0, 0.05) is 38.6 Å². The van der Waals surface area contributed by atoms with Crippen LogP contribution in [-0.4, -0.2) is 15.0 Å². The lowest BCUT2D eigenvalue weighted by atomic mass is 9.86. The Kier molecular flexibility index (Phi) is 6.52. The molecular weight excluding hydrogens is 647 g/mol. The third-order valence-electron chi connectivity index (χ3n) is 10.5. The van der Waals surface area contributed by atoms with Crippen LogP contribution in [0.1, 0.15) is 0 Å². The van der Waals surface area contributed by atoms with Gasteiger partial charge < -0.3 is 4.42 Å². The van der Waals surface area contributed by atoms with Crippen molar-refractivity contribution in [2.45, 2.75) is 0 Å². The van der Waals surface area contributed by atoms with E-state index in [1.54, 1.807) is 0 Å². The number of fused-ring (bicyclic) bond motifs is 9. The van der Waals surface area contributed by atoms with Crippen molar-refractivity contribution in [3.63, 3.8) is 0 Å². The van der Waals surface area contributed by atoms with Crippen LogP contribution in [0.3, 0.4) is 0 Å². The summed E-state index contributed by atoms with van der Waals surface area (Å²) in [6.45, 7) is 0. The molecule has 2 aromatic heterocycles. The van der Waals surface area contributed by atoms with Crippen LogP contribution in [0.25, 0.3) is 110 Å². The van der Waals surface area contributed by atoms with E-state index in [4.69, 9.17) is 19.4 Å². The van der Waals surface area contributed by atoms with Gasteiger partial charge in [0.25, 0.3) is 0 Å². The van der Waals surface area contributed by atoms with Gasteiger partial charge in [0.2, 0.25) is 0 Å². The molecule has 11 aromatic rings. The van der Waals surface area contributed by atoms with E-state index in [0.29, 0.717) is 17.5 Å². The molecule has 9 aromatic carbocycles. The van der Waals surface area contributed by atoms with Crippen LogP contribution in [0.5, 0.6) is 0 Å². The van der Waals surface area contributed by atoms with Crippen LogP contribution in [0.15, 0.2) is 180 Å². The molecular formula is C49H29N3O. The number of benzene rings is 9. The summed E-state index contributed by atoms with van der Waals surface area (Å²) in [4.78, 5) is 15.4. The topological polar surface area (TPSA) is 51.8 Å². The quantitative estimate of drug-likeness (QED) is 0.174. The fourth-order valence-corrected chi connectivity index (χ4v) is 8.15. The molecule has 4 heteroatoms. The van der Waals surface area contributed by atoms with Gasteiger partial charge in [0.1, 0.15) is 11.2 Å². The van der Waals surface area contributed by atoms with Crippen molar-refractivity contribution >= 4 is 65.0 Å². The van der Waals surface area contributed by atoms with Crippen LogP contribution < -0.4 is 0 Å². The Morgan fingerprint density at radius 2 is 0.792 bits per heavy atom. The average molecular weight is 676 g/mol. The molecule has 0 N–H and O–H groups in total. The molecule has 0 radical (unpaired) electrons. The van der Waals surface area contributed by atoms with Crippen LogP contribution in [0.4, 0.5) is 0 Å². The molecule has 0 saturated carbocycles. The third kappa shape index (κ3) is 4.59. The second kappa shape index (κ2) is 11.7. The van der Waals surface area contributed by atoms with Crippen molar-refractivity contribution in [3.8, 4) is 45.3 Å². The number of aromatic nitrogens is 3. The van der Waals surface area contributed by atoms with Crippen molar-refractivity contribution in [2.24, 2.45) is 0 Å². The van der Waals surface area contributed by atoms with Gasteiger partial charge in [0.05, 0.1) is 0 Å². The third-order valence-corrected chi connectivity index (χ3v) is 10.5. The standard InChI is InChI=1S/C49H29N3O/c1-3-16-31(17-4-1)47-50-48(32-18-5-2-6-19-32)52-49(51-47)43-38-25-13-11-23-36(38)42(37-24-12-14-26-39(37)43)40-29-33-20-8-10-22-35(33)45-44-34-21-9-7-15-30(34)27-28-41(44)53-46(40)45/h1-29H. The number of hydrogen-bond donors (Lipinski definition) is 0. The van der Waals surface area contributed by atoms with E-state index >= 15 is 0 Å². The summed E-state index contributed by atoms with van der Waals surface area (Å²) < 4.78 is 6.96. The summed E-state index contributed by atoms with van der Waals surface area (Å²) in [6.07, 6.45) is 0. The van der Waals surface area contributed by atoms with E-state index in [9.17, 15) is 0 Å². The second-order valence-electron chi connectivity index (χ2n) is 13.5. The molecule has 246 valence electrons. The second-order valence-corrected chi connectivity index (χ2v) is 13.5. The Morgan fingerprint density at radius 3 is 1.38 bits per heavy atom. The smallest absolute Gasteiger partial charge is 0.165 e. The SMILES string of the molecule is c1ccc(-c2nc(-c3ccccc3)nc(-c3c4ccccc4c(-c4cc5ccccc5c5c4oc4ccc6ccccc6c45)c4ccccc34)n2)cc1. The van der Waals surface area contributed by atoms with Crippen LogP contribution in [0.2, 0.25) is 0 Å². The maximum Gasteiger partial charge on any atom is 0.165 e. The number of rotatable bonds is 4. The molecule has 0 unspecified atom stereocenters. The fourth-order valence-electron chi connectivity index (χ4n) is 8.15. The molecule has 0 atom stereocenters. The van der Waals surface area contributed by atoms with Crippen molar-refractivity contribution in [2.75, 3.05) is 0 Å². The first-order valence-electron chi connectivity index (χ1n) is 17.9. The summed E-state index contributed by atoms with van der Waals surface area (Å²) in [5.41, 5.74) is 6.81.